The largest absolute Gasteiger partial charge is 0.494 e. The van der Waals surface area contributed by atoms with Gasteiger partial charge in [0.15, 0.2) is 5.78 Å². The molecule has 0 N–H and O–H groups in total. The Morgan fingerprint density at radius 2 is 2.08 bits per heavy atom. The number of likely N-dealkylation sites (tertiary alicyclic amines) is 1. The molecule has 0 radical (unpaired) electrons. The molecule has 2 aromatic rings. The minimum atomic E-state index is 0.0771. The van der Waals surface area contributed by atoms with Gasteiger partial charge in [-0.05, 0) is 69.1 Å². The Morgan fingerprint density at radius 3 is 2.76 bits per heavy atom. The predicted octanol–water partition coefficient (Wildman–Crippen LogP) is 3.76. The molecule has 1 saturated heterocycles. The van der Waals surface area contributed by atoms with E-state index in [2.05, 4.69) is 16.8 Å². The Labute approximate surface area is 149 Å². The number of hydrogen-bond donors (Lipinski definition) is 0. The van der Waals surface area contributed by atoms with E-state index in [9.17, 15) is 4.79 Å². The van der Waals surface area contributed by atoms with Crippen molar-refractivity contribution < 1.29 is 9.53 Å². The maximum atomic E-state index is 12.3. The fourth-order valence-corrected chi connectivity index (χ4v) is 3.29. The third kappa shape index (κ3) is 5.13. The lowest BCUT2D eigenvalue weighted by Crippen LogP contribution is -2.28. The van der Waals surface area contributed by atoms with Gasteiger partial charge in [-0.25, -0.2) is 0 Å². The minimum Gasteiger partial charge on any atom is -0.494 e. The van der Waals surface area contributed by atoms with Crippen LogP contribution in [0.5, 0.6) is 5.75 Å². The summed E-state index contributed by atoms with van der Waals surface area (Å²) in [4.78, 5) is 19.0. The van der Waals surface area contributed by atoms with Crippen LogP contribution in [-0.4, -0.2) is 41.4 Å². The molecule has 1 aliphatic rings. The standard InChI is InChI=1S/C21H26N2O2/c1-17-6-4-13-23(17)14-5-15-25-20-10-8-18(9-11-20)21(24)16-19-7-2-3-12-22-19/h2-3,7-12,17H,4-6,13-16H2,1H3/t17-/m1/s1. The predicted molar refractivity (Wildman–Crippen MR) is 99.1 cm³/mol. The van der Waals surface area contributed by atoms with Crippen molar-refractivity contribution in [1.29, 1.82) is 0 Å². The second kappa shape index (κ2) is 8.77. The molecule has 0 aliphatic carbocycles. The number of nitrogens with zero attached hydrogens (tertiary/aromatic N) is 2. The zero-order chi connectivity index (χ0) is 17.5. The molecule has 1 aromatic heterocycles. The summed E-state index contributed by atoms with van der Waals surface area (Å²) >= 11 is 0. The van der Waals surface area contributed by atoms with E-state index in [1.165, 1.54) is 19.4 Å². The summed E-state index contributed by atoms with van der Waals surface area (Å²) in [5, 5.41) is 0. The van der Waals surface area contributed by atoms with Crippen LogP contribution >= 0.6 is 0 Å². The van der Waals surface area contributed by atoms with Crippen LogP contribution in [0.4, 0.5) is 0 Å². The van der Waals surface area contributed by atoms with Crippen molar-refractivity contribution in [3.8, 4) is 5.75 Å². The van der Waals surface area contributed by atoms with Gasteiger partial charge in [0.05, 0.1) is 13.0 Å². The first-order valence-electron chi connectivity index (χ1n) is 9.12. The van der Waals surface area contributed by atoms with Crippen molar-refractivity contribution >= 4 is 5.78 Å². The Hall–Kier alpha value is -2.20. The number of Topliss-reactive ketones (excluding diaryl/α,β-unsaturated/α-hetero) is 1. The van der Waals surface area contributed by atoms with E-state index in [1.807, 2.05) is 42.5 Å². The van der Waals surface area contributed by atoms with E-state index in [1.54, 1.807) is 6.20 Å². The van der Waals surface area contributed by atoms with Gasteiger partial charge in [0, 0.05) is 30.0 Å². The Bertz CT molecular complexity index is 670. The highest BCUT2D eigenvalue weighted by molar-refractivity contribution is 5.97. The number of rotatable bonds is 8. The first kappa shape index (κ1) is 17.6. The van der Waals surface area contributed by atoms with Crippen LogP contribution in [-0.2, 0) is 6.42 Å². The topological polar surface area (TPSA) is 42.4 Å². The van der Waals surface area contributed by atoms with E-state index in [4.69, 9.17) is 4.74 Å². The quantitative estimate of drug-likeness (QED) is 0.543. The number of carbonyl (C=O) groups excluding carboxylic acids is 1. The van der Waals surface area contributed by atoms with E-state index >= 15 is 0 Å². The fraction of sp³-hybridized carbons (Fsp3) is 0.429. The molecule has 0 unspecified atom stereocenters. The number of carbonyl (C=O) groups is 1. The number of benzene rings is 1. The van der Waals surface area contributed by atoms with Crippen LogP contribution in [0.15, 0.2) is 48.7 Å². The zero-order valence-corrected chi connectivity index (χ0v) is 14.9. The molecule has 0 bridgehead atoms. The molecular formula is C21H26N2O2. The summed E-state index contributed by atoms with van der Waals surface area (Å²) < 4.78 is 5.80. The minimum absolute atomic E-state index is 0.0771. The van der Waals surface area contributed by atoms with Crippen LogP contribution in [0.25, 0.3) is 0 Å². The number of ether oxygens (including phenoxy) is 1. The molecule has 4 heteroatoms. The third-order valence-corrected chi connectivity index (χ3v) is 4.79. The molecule has 1 aromatic carbocycles. The summed E-state index contributed by atoms with van der Waals surface area (Å²) in [6, 6.07) is 13.8. The Kier molecular flexibility index (Phi) is 6.18. The molecule has 132 valence electrons. The van der Waals surface area contributed by atoms with Gasteiger partial charge in [-0.2, -0.15) is 0 Å². The van der Waals surface area contributed by atoms with Gasteiger partial charge in [0.2, 0.25) is 0 Å². The van der Waals surface area contributed by atoms with E-state index in [0.29, 0.717) is 24.6 Å². The molecule has 25 heavy (non-hydrogen) atoms. The van der Waals surface area contributed by atoms with Gasteiger partial charge >= 0.3 is 0 Å². The lowest BCUT2D eigenvalue weighted by atomic mass is 10.1. The molecular weight excluding hydrogens is 312 g/mol. The SMILES string of the molecule is C[C@@H]1CCCN1CCCOc1ccc(C(=O)Cc2ccccn2)cc1. The summed E-state index contributed by atoms with van der Waals surface area (Å²) in [7, 11) is 0. The smallest absolute Gasteiger partial charge is 0.168 e. The molecule has 1 fully saturated rings. The lowest BCUT2D eigenvalue weighted by molar-refractivity contribution is 0.0992. The number of hydrogen-bond acceptors (Lipinski definition) is 4. The molecule has 0 amide bonds. The van der Waals surface area contributed by atoms with Gasteiger partial charge < -0.3 is 9.64 Å². The normalized spacial score (nSPS) is 17.6. The summed E-state index contributed by atoms with van der Waals surface area (Å²) in [5.74, 6) is 0.900. The van der Waals surface area contributed by atoms with Crippen molar-refractivity contribution in [1.82, 2.24) is 9.88 Å². The van der Waals surface area contributed by atoms with Crippen LogP contribution in [0, 0.1) is 0 Å². The molecule has 3 rings (SSSR count). The molecule has 2 heterocycles. The fourth-order valence-electron chi connectivity index (χ4n) is 3.29. The Balaban J connectivity index is 1.43. The second-order valence-electron chi connectivity index (χ2n) is 6.67. The third-order valence-electron chi connectivity index (χ3n) is 4.79. The van der Waals surface area contributed by atoms with E-state index in [-0.39, 0.29) is 5.78 Å². The van der Waals surface area contributed by atoms with Crippen molar-refractivity contribution in [3.63, 3.8) is 0 Å². The lowest BCUT2D eigenvalue weighted by Gasteiger charge is -2.20. The highest BCUT2D eigenvalue weighted by Gasteiger charge is 2.19. The maximum absolute atomic E-state index is 12.3. The molecule has 1 atom stereocenters. The van der Waals surface area contributed by atoms with E-state index in [0.717, 1.165) is 24.4 Å². The highest BCUT2D eigenvalue weighted by Crippen LogP contribution is 2.17. The monoisotopic (exact) mass is 338 g/mol. The maximum Gasteiger partial charge on any atom is 0.168 e. The van der Waals surface area contributed by atoms with Gasteiger partial charge in [-0.3, -0.25) is 9.78 Å². The van der Waals surface area contributed by atoms with Crippen molar-refractivity contribution in [2.45, 2.75) is 38.6 Å². The second-order valence-corrected chi connectivity index (χ2v) is 6.67. The van der Waals surface area contributed by atoms with Gasteiger partial charge in [0.25, 0.3) is 0 Å². The molecule has 1 aliphatic heterocycles. The molecule has 0 spiro atoms. The average Bonchev–Trinajstić information content (AvgIpc) is 3.05. The van der Waals surface area contributed by atoms with Crippen LogP contribution < -0.4 is 4.74 Å². The molecule has 4 nitrogen and oxygen atoms in total. The van der Waals surface area contributed by atoms with Crippen LogP contribution in [0.2, 0.25) is 0 Å². The molecule has 0 saturated carbocycles. The first-order chi connectivity index (χ1) is 12.2. The summed E-state index contributed by atoms with van der Waals surface area (Å²) in [6.07, 6.45) is 5.70. The van der Waals surface area contributed by atoms with Gasteiger partial charge in [-0.1, -0.05) is 6.07 Å². The zero-order valence-electron chi connectivity index (χ0n) is 14.9. The van der Waals surface area contributed by atoms with E-state index < -0.39 is 0 Å². The Morgan fingerprint density at radius 1 is 1.24 bits per heavy atom. The number of aromatic nitrogens is 1. The van der Waals surface area contributed by atoms with Gasteiger partial charge in [0.1, 0.15) is 5.75 Å². The van der Waals surface area contributed by atoms with Crippen LogP contribution in [0.1, 0.15) is 42.2 Å². The first-order valence-corrected chi connectivity index (χ1v) is 9.12. The highest BCUT2D eigenvalue weighted by atomic mass is 16.5. The summed E-state index contributed by atoms with van der Waals surface area (Å²) in [5.41, 5.74) is 1.49. The average molecular weight is 338 g/mol. The van der Waals surface area contributed by atoms with Crippen molar-refractivity contribution in [2.75, 3.05) is 19.7 Å². The van der Waals surface area contributed by atoms with Crippen molar-refractivity contribution in [2.24, 2.45) is 0 Å². The number of ketones is 1. The van der Waals surface area contributed by atoms with Crippen LogP contribution in [0.3, 0.4) is 0 Å². The number of pyridine rings is 1. The van der Waals surface area contributed by atoms with Gasteiger partial charge in [-0.15, -0.1) is 0 Å². The summed E-state index contributed by atoms with van der Waals surface area (Å²) in [6.45, 7) is 5.33. The van der Waals surface area contributed by atoms with Crippen molar-refractivity contribution in [3.05, 3.63) is 59.9 Å².